The van der Waals surface area contributed by atoms with Gasteiger partial charge < -0.3 is 9.64 Å². The number of hydrogen-bond acceptors (Lipinski definition) is 4. The van der Waals surface area contributed by atoms with Gasteiger partial charge in [0.1, 0.15) is 18.1 Å². The molecule has 1 aromatic rings. The molecule has 1 saturated heterocycles. The number of piperidine rings is 1. The SMILES string of the molecule is COCC(=O)N1CCC(Cc2cc(Cl)ncn2)CC1. The number of carbonyl (C=O) groups excluding carboxylic acids is 1. The first kappa shape index (κ1) is 14.2. The van der Waals surface area contributed by atoms with E-state index in [1.54, 1.807) is 7.11 Å². The average molecular weight is 284 g/mol. The molecule has 1 aliphatic heterocycles. The zero-order chi connectivity index (χ0) is 13.7. The number of halogens is 1. The van der Waals surface area contributed by atoms with Gasteiger partial charge in [-0.3, -0.25) is 4.79 Å². The van der Waals surface area contributed by atoms with Crippen LogP contribution in [-0.2, 0) is 16.0 Å². The molecule has 104 valence electrons. The van der Waals surface area contributed by atoms with E-state index in [4.69, 9.17) is 16.3 Å². The molecule has 0 atom stereocenters. The van der Waals surface area contributed by atoms with Crippen LogP contribution in [0.4, 0.5) is 0 Å². The van der Waals surface area contributed by atoms with Crippen LogP contribution in [0.15, 0.2) is 12.4 Å². The fourth-order valence-electron chi connectivity index (χ4n) is 2.38. The van der Waals surface area contributed by atoms with Gasteiger partial charge in [-0.05, 0) is 31.2 Å². The highest BCUT2D eigenvalue weighted by Gasteiger charge is 2.23. The number of methoxy groups -OCH3 is 1. The third kappa shape index (κ3) is 4.14. The molecule has 2 heterocycles. The van der Waals surface area contributed by atoms with Gasteiger partial charge in [-0.2, -0.15) is 0 Å². The first-order valence-electron chi connectivity index (χ1n) is 6.42. The number of carbonyl (C=O) groups is 1. The van der Waals surface area contributed by atoms with Crippen LogP contribution >= 0.6 is 11.6 Å². The molecular weight excluding hydrogens is 266 g/mol. The van der Waals surface area contributed by atoms with E-state index in [1.165, 1.54) is 6.33 Å². The van der Waals surface area contributed by atoms with Gasteiger partial charge in [-0.1, -0.05) is 11.6 Å². The molecule has 0 aromatic carbocycles. The normalized spacial score (nSPS) is 16.6. The highest BCUT2D eigenvalue weighted by Crippen LogP contribution is 2.21. The maximum absolute atomic E-state index is 11.7. The van der Waals surface area contributed by atoms with E-state index in [1.807, 2.05) is 11.0 Å². The molecule has 6 heteroatoms. The van der Waals surface area contributed by atoms with E-state index in [0.717, 1.165) is 38.0 Å². The third-order valence-corrected chi connectivity index (χ3v) is 3.63. The molecule has 5 nitrogen and oxygen atoms in total. The van der Waals surface area contributed by atoms with Crippen molar-refractivity contribution in [2.24, 2.45) is 5.92 Å². The Balaban J connectivity index is 1.82. The molecule has 0 N–H and O–H groups in total. The Morgan fingerprint density at radius 3 is 2.84 bits per heavy atom. The highest BCUT2D eigenvalue weighted by atomic mass is 35.5. The maximum Gasteiger partial charge on any atom is 0.248 e. The van der Waals surface area contributed by atoms with Crippen LogP contribution in [0.3, 0.4) is 0 Å². The standard InChI is InChI=1S/C13H18ClN3O2/c1-19-8-13(18)17-4-2-10(3-5-17)6-11-7-12(14)16-9-15-11/h7,9-10H,2-6,8H2,1H3. The molecule has 0 spiro atoms. The Bertz CT molecular complexity index is 434. The molecular formula is C13H18ClN3O2. The summed E-state index contributed by atoms with van der Waals surface area (Å²) in [5.74, 6) is 0.628. The smallest absolute Gasteiger partial charge is 0.248 e. The minimum absolute atomic E-state index is 0.0750. The molecule has 1 fully saturated rings. The van der Waals surface area contributed by atoms with Gasteiger partial charge in [-0.25, -0.2) is 9.97 Å². The topological polar surface area (TPSA) is 55.3 Å². The molecule has 1 aliphatic rings. The molecule has 0 aliphatic carbocycles. The van der Waals surface area contributed by atoms with Crippen molar-refractivity contribution in [3.63, 3.8) is 0 Å². The number of aromatic nitrogens is 2. The van der Waals surface area contributed by atoms with E-state index in [-0.39, 0.29) is 12.5 Å². The van der Waals surface area contributed by atoms with Crippen molar-refractivity contribution in [2.45, 2.75) is 19.3 Å². The summed E-state index contributed by atoms with van der Waals surface area (Å²) in [5.41, 5.74) is 0.974. The van der Waals surface area contributed by atoms with Crippen molar-refractivity contribution in [1.29, 1.82) is 0 Å². The second-order valence-corrected chi connectivity index (χ2v) is 5.18. The maximum atomic E-state index is 11.7. The van der Waals surface area contributed by atoms with Crippen LogP contribution in [0.25, 0.3) is 0 Å². The molecule has 2 rings (SSSR count). The number of nitrogens with zero attached hydrogens (tertiary/aromatic N) is 3. The minimum atomic E-state index is 0.0750. The van der Waals surface area contributed by atoms with Gasteiger partial charge in [0, 0.05) is 25.9 Å². The zero-order valence-electron chi connectivity index (χ0n) is 11.0. The summed E-state index contributed by atoms with van der Waals surface area (Å²) in [4.78, 5) is 21.6. The Morgan fingerprint density at radius 1 is 1.47 bits per heavy atom. The molecule has 1 aromatic heterocycles. The summed E-state index contributed by atoms with van der Waals surface area (Å²) in [6.07, 6.45) is 4.39. The van der Waals surface area contributed by atoms with Gasteiger partial charge in [0.25, 0.3) is 0 Å². The Labute approximate surface area is 117 Å². The summed E-state index contributed by atoms with van der Waals surface area (Å²) in [7, 11) is 1.55. The van der Waals surface area contributed by atoms with Crippen molar-refractivity contribution >= 4 is 17.5 Å². The van der Waals surface area contributed by atoms with E-state index in [0.29, 0.717) is 11.1 Å². The van der Waals surface area contributed by atoms with Gasteiger partial charge in [0.2, 0.25) is 5.91 Å². The lowest BCUT2D eigenvalue weighted by atomic mass is 9.92. The fraction of sp³-hybridized carbons (Fsp3) is 0.615. The van der Waals surface area contributed by atoms with Crippen molar-refractivity contribution in [2.75, 3.05) is 26.8 Å². The number of rotatable bonds is 4. The van der Waals surface area contributed by atoms with E-state index in [9.17, 15) is 4.79 Å². The summed E-state index contributed by atoms with van der Waals surface area (Å²) in [6, 6.07) is 1.81. The quantitative estimate of drug-likeness (QED) is 0.787. The lowest BCUT2D eigenvalue weighted by Crippen LogP contribution is -2.40. The zero-order valence-corrected chi connectivity index (χ0v) is 11.8. The summed E-state index contributed by atoms with van der Waals surface area (Å²) >= 11 is 5.84. The predicted octanol–water partition coefficient (Wildman–Crippen LogP) is 1.56. The van der Waals surface area contributed by atoms with Crippen LogP contribution < -0.4 is 0 Å². The van der Waals surface area contributed by atoms with Gasteiger partial charge in [-0.15, -0.1) is 0 Å². The average Bonchev–Trinajstić information content (AvgIpc) is 2.40. The Hall–Kier alpha value is -1.20. The summed E-state index contributed by atoms with van der Waals surface area (Å²) in [5, 5.41) is 0.484. The van der Waals surface area contributed by atoms with Crippen LogP contribution in [-0.4, -0.2) is 47.6 Å². The number of hydrogen-bond donors (Lipinski definition) is 0. The molecule has 19 heavy (non-hydrogen) atoms. The molecule has 0 saturated carbocycles. The van der Waals surface area contributed by atoms with Gasteiger partial charge >= 0.3 is 0 Å². The lowest BCUT2D eigenvalue weighted by molar-refractivity contribution is -0.136. The lowest BCUT2D eigenvalue weighted by Gasteiger charge is -2.31. The monoisotopic (exact) mass is 283 g/mol. The Morgan fingerprint density at radius 2 is 2.21 bits per heavy atom. The van der Waals surface area contributed by atoms with Crippen LogP contribution in [0.1, 0.15) is 18.5 Å². The van der Waals surface area contributed by atoms with Crippen LogP contribution in [0.5, 0.6) is 0 Å². The second-order valence-electron chi connectivity index (χ2n) is 4.79. The molecule has 0 unspecified atom stereocenters. The first-order chi connectivity index (χ1) is 9.19. The third-order valence-electron chi connectivity index (χ3n) is 3.42. The number of ether oxygens (including phenoxy) is 1. The molecule has 0 radical (unpaired) electrons. The molecule has 0 bridgehead atoms. The van der Waals surface area contributed by atoms with E-state index >= 15 is 0 Å². The van der Waals surface area contributed by atoms with Gasteiger partial charge in [0.15, 0.2) is 0 Å². The largest absolute Gasteiger partial charge is 0.375 e. The summed E-state index contributed by atoms with van der Waals surface area (Å²) < 4.78 is 4.87. The van der Waals surface area contributed by atoms with Crippen LogP contribution in [0, 0.1) is 5.92 Å². The highest BCUT2D eigenvalue weighted by molar-refractivity contribution is 6.29. The minimum Gasteiger partial charge on any atom is -0.375 e. The van der Waals surface area contributed by atoms with E-state index < -0.39 is 0 Å². The molecule has 1 amide bonds. The second kappa shape index (κ2) is 6.82. The fourth-order valence-corrected chi connectivity index (χ4v) is 2.55. The first-order valence-corrected chi connectivity index (χ1v) is 6.80. The van der Waals surface area contributed by atoms with E-state index in [2.05, 4.69) is 9.97 Å². The summed E-state index contributed by atoms with van der Waals surface area (Å²) in [6.45, 7) is 1.77. The van der Waals surface area contributed by atoms with Crippen molar-refractivity contribution < 1.29 is 9.53 Å². The van der Waals surface area contributed by atoms with Crippen molar-refractivity contribution in [3.8, 4) is 0 Å². The van der Waals surface area contributed by atoms with Gasteiger partial charge in [0.05, 0.1) is 0 Å². The van der Waals surface area contributed by atoms with Crippen molar-refractivity contribution in [1.82, 2.24) is 14.9 Å². The Kier molecular flexibility index (Phi) is 5.10. The van der Waals surface area contributed by atoms with Crippen LogP contribution in [0.2, 0.25) is 5.15 Å². The van der Waals surface area contributed by atoms with Crippen molar-refractivity contribution in [3.05, 3.63) is 23.2 Å². The predicted molar refractivity (Wildman–Crippen MR) is 71.9 cm³/mol. The number of amides is 1. The number of likely N-dealkylation sites (tertiary alicyclic amines) is 1.